The van der Waals surface area contributed by atoms with Gasteiger partial charge in [-0.05, 0) is 43.7 Å². The van der Waals surface area contributed by atoms with Gasteiger partial charge in [0, 0.05) is 12.2 Å². The van der Waals surface area contributed by atoms with Crippen molar-refractivity contribution in [1.82, 2.24) is 10.0 Å². The Bertz CT molecular complexity index is 666. The molecule has 0 atom stereocenters. The second-order valence-corrected chi connectivity index (χ2v) is 6.41. The number of rotatable bonds is 7. The lowest BCUT2D eigenvalue weighted by Crippen LogP contribution is -2.39. The van der Waals surface area contributed by atoms with Gasteiger partial charge in [-0.25, -0.2) is 17.9 Å². The van der Waals surface area contributed by atoms with Crippen LogP contribution in [-0.2, 0) is 14.8 Å². The van der Waals surface area contributed by atoms with E-state index < -0.39 is 16.1 Å². The summed E-state index contributed by atoms with van der Waals surface area (Å²) >= 11 is 0. The molecule has 8 heteroatoms. The number of sulfonamides is 1. The predicted octanol–water partition coefficient (Wildman–Crippen LogP) is 1.99. The fourth-order valence-corrected chi connectivity index (χ4v) is 2.58. The summed E-state index contributed by atoms with van der Waals surface area (Å²) in [7, 11) is -3.94. The van der Waals surface area contributed by atoms with Crippen molar-refractivity contribution in [3.63, 3.8) is 0 Å². The SMILES string of the molecule is C/C=C/C(=O)Nc1ccc(S(=O)(=O)NC(=O)NCCCC)cc1. The summed E-state index contributed by atoms with van der Waals surface area (Å²) in [6.45, 7) is 4.09. The molecule has 0 aliphatic carbocycles. The molecule has 3 N–H and O–H groups in total. The quantitative estimate of drug-likeness (QED) is 0.522. The Morgan fingerprint density at radius 1 is 1.17 bits per heavy atom. The van der Waals surface area contributed by atoms with Gasteiger partial charge in [-0.2, -0.15) is 0 Å². The molecule has 126 valence electrons. The van der Waals surface area contributed by atoms with Gasteiger partial charge in [-0.1, -0.05) is 19.4 Å². The lowest BCUT2D eigenvalue weighted by atomic mass is 10.3. The van der Waals surface area contributed by atoms with Crippen molar-refractivity contribution in [2.45, 2.75) is 31.6 Å². The molecule has 0 aliphatic rings. The van der Waals surface area contributed by atoms with Crippen LogP contribution >= 0.6 is 0 Å². The highest BCUT2D eigenvalue weighted by Crippen LogP contribution is 2.14. The molecule has 0 aromatic heterocycles. The van der Waals surface area contributed by atoms with E-state index in [1.165, 1.54) is 30.3 Å². The fraction of sp³-hybridized carbons (Fsp3) is 0.333. The number of amides is 3. The van der Waals surface area contributed by atoms with Crippen LogP contribution in [0.4, 0.5) is 10.5 Å². The number of nitrogens with one attached hydrogen (secondary N) is 3. The second-order valence-electron chi connectivity index (χ2n) is 4.73. The van der Waals surface area contributed by atoms with Gasteiger partial charge in [-0.15, -0.1) is 0 Å². The Labute approximate surface area is 136 Å². The summed E-state index contributed by atoms with van der Waals surface area (Å²) in [6.07, 6.45) is 4.61. The summed E-state index contributed by atoms with van der Waals surface area (Å²) in [4.78, 5) is 22.8. The van der Waals surface area contributed by atoms with Crippen LogP contribution in [0.2, 0.25) is 0 Å². The molecular formula is C15H21N3O4S. The molecule has 0 aliphatic heterocycles. The third-order valence-corrected chi connectivity index (χ3v) is 4.14. The first-order chi connectivity index (χ1) is 10.9. The average Bonchev–Trinajstić information content (AvgIpc) is 2.47. The first-order valence-electron chi connectivity index (χ1n) is 7.23. The molecule has 0 spiro atoms. The molecular weight excluding hydrogens is 318 g/mol. The number of carbonyl (C=O) groups excluding carboxylic acids is 2. The van der Waals surface area contributed by atoms with Crippen molar-refractivity contribution in [2.24, 2.45) is 0 Å². The topological polar surface area (TPSA) is 104 Å². The van der Waals surface area contributed by atoms with Crippen molar-refractivity contribution in [1.29, 1.82) is 0 Å². The van der Waals surface area contributed by atoms with Crippen LogP contribution in [0, 0.1) is 0 Å². The van der Waals surface area contributed by atoms with Gasteiger partial charge in [0.15, 0.2) is 0 Å². The molecule has 0 heterocycles. The van der Waals surface area contributed by atoms with E-state index in [0.717, 1.165) is 12.8 Å². The zero-order valence-electron chi connectivity index (χ0n) is 13.1. The first kappa shape index (κ1) is 18.7. The minimum Gasteiger partial charge on any atom is -0.337 e. The number of unbranched alkanes of at least 4 members (excludes halogenated alkanes) is 1. The van der Waals surface area contributed by atoms with Crippen molar-refractivity contribution < 1.29 is 18.0 Å². The Morgan fingerprint density at radius 3 is 2.39 bits per heavy atom. The molecule has 3 amide bonds. The third kappa shape index (κ3) is 6.52. The molecule has 0 saturated carbocycles. The summed E-state index contributed by atoms with van der Waals surface area (Å²) in [5.74, 6) is -0.309. The summed E-state index contributed by atoms with van der Waals surface area (Å²) < 4.78 is 26.0. The van der Waals surface area contributed by atoms with E-state index in [1.54, 1.807) is 13.0 Å². The van der Waals surface area contributed by atoms with E-state index in [0.29, 0.717) is 12.2 Å². The lowest BCUT2D eigenvalue weighted by molar-refractivity contribution is -0.111. The number of urea groups is 1. The number of hydrogen-bond acceptors (Lipinski definition) is 4. The van der Waals surface area contributed by atoms with E-state index in [1.807, 2.05) is 11.6 Å². The maximum absolute atomic E-state index is 12.0. The molecule has 0 fully saturated rings. The number of allylic oxidation sites excluding steroid dienone is 1. The third-order valence-electron chi connectivity index (χ3n) is 2.79. The maximum Gasteiger partial charge on any atom is 0.328 e. The number of carbonyl (C=O) groups is 2. The normalized spacial score (nSPS) is 11.2. The van der Waals surface area contributed by atoms with Gasteiger partial charge < -0.3 is 10.6 Å². The fourth-order valence-electron chi connectivity index (χ4n) is 1.65. The van der Waals surface area contributed by atoms with Crippen molar-refractivity contribution in [3.05, 3.63) is 36.4 Å². The predicted molar refractivity (Wildman–Crippen MR) is 88.5 cm³/mol. The summed E-state index contributed by atoms with van der Waals surface area (Å²) in [5.41, 5.74) is 0.458. The molecule has 0 saturated heterocycles. The lowest BCUT2D eigenvalue weighted by Gasteiger charge is -2.09. The minimum absolute atomic E-state index is 0.0628. The van der Waals surface area contributed by atoms with E-state index in [2.05, 4.69) is 10.6 Å². The molecule has 1 aromatic carbocycles. The van der Waals surface area contributed by atoms with E-state index in [-0.39, 0.29) is 10.8 Å². The van der Waals surface area contributed by atoms with Gasteiger partial charge in [0.1, 0.15) is 0 Å². The van der Waals surface area contributed by atoms with Gasteiger partial charge >= 0.3 is 6.03 Å². The van der Waals surface area contributed by atoms with Crippen LogP contribution in [0.15, 0.2) is 41.3 Å². The highest BCUT2D eigenvalue weighted by molar-refractivity contribution is 7.90. The van der Waals surface area contributed by atoms with Gasteiger partial charge in [-0.3, -0.25) is 4.79 Å². The standard InChI is InChI=1S/C15H21N3O4S/c1-3-5-11-16-15(20)18-23(21,22)13-9-7-12(8-10-13)17-14(19)6-4-2/h4,6-10H,3,5,11H2,1-2H3,(H,17,19)(H2,16,18,20)/b6-4+. The molecule has 0 unspecified atom stereocenters. The van der Waals surface area contributed by atoms with Crippen molar-refractivity contribution >= 4 is 27.6 Å². The maximum atomic E-state index is 12.0. The van der Waals surface area contributed by atoms with E-state index in [4.69, 9.17) is 0 Å². The van der Waals surface area contributed by atoms with Crippen LogP contribution in [0.25, 0.3) is 0 Å². The van der Waals surface area contributed by atoms with E-state index >= 15 is 0 Å². The zero-order chi connectivity index (χ0) is 17.3. The number of benzene rings is 1. The Balaban J connectivity index is 2.70. The molecule has 0 bridgehead atoms. The van der Waals surface area contributed by atoms with Gasteiger partial charge in [0.25, 0.3) is 10.0 Å². The summed E-state index contributed by atoms with van der Waals surface area (Å²) in [5, 5.41) is 5.04. The Kier molecular flexibility index (Phi) is 7.27. The average molecular weight is 339 g/mol. The highest BCUT2D eigenvalue weighted by Gasteiger charge is 2.17. The minimum atomic E-state index is -3.94. The Hall–Kier alpha value is -2.35. The first-order valence-corrected chi connectivity index (χ1v) is 8.71. The number of anilines is 1. The van der Waals surface area contributed by atoms with Gasteiger partial charge in [0.2, 0.25) is 5.91 Å². The monoisotopic (exact) mass is 339 g/mol. The van der Waals surface area contributed by atoms with Crippen LogP contribution in [0.3, 0.4) is 0 Å². The largest absolute Gasteiger partial charge is 0.337 e. The molecule has 1 rings (SSSR count). The molecule has 0 radical (unpaired) electrons. The second kappa shape index (κ2) is 8.94. The molecule has 7 nitrogen and oxygen atoms in total. The van der Waals surface area contributed by atoms with Crippen molar-refractivity contribution in [3.8, 4) is 0 Å². The smallest absolute Gasteiger partial charge is 0.328 e. The number of hydrogen-bond donors (Lipinski definition) is 3. The molecule has 1 aromatic rings. The van der Waals surface area contributed by atoms with Crippen LogP contribution in [0.1, 0.15) is 26.7 Å². The molecule has 23 heavy (non-hydrogen) atoms. The van der Waals surface area contributed by atoms with Crippen LogP contribution in [-0.4, -0.2) is 26.9 Å². The van der Waals surface area contributed by atoms with E-state index in [9.17, 15) is 18.0 Å². The zero-order valence-corrected chi connectivity index (χ0v) is 13.9. The van der Waals surface area contributed by atoms with Gasteiger partial charge in [0.05, 0.1) is 4.90 Å². The Morgan fingerprint density at radius 2 is 1.83 bits per heavy atom. The van der Waals surface area contributed by atoms with Crippen molar-refractivity contribution in [2.75, 3.05) is 11.9 Å². The van der Waals surface area contributed by atoms with Crippen LogP contribution in [0.5, 0.6) is 0 Å². The van der Waals surface area contributed by atoms with Crippen LogP contribution < -0.4 is 15.4 Å². The summed E-state index contributed by atoms with van der Waals surface area (Å²) in [6, 6.07) is 4.76. The highest BCUT2D eigenvalue weighted by atomic mass is 32.2.